The molecule has 0 aromatic heterocycles. The maximum atomic E-state index is 12.9. The molecule has 1 saturated carbocycles. The van der Waals surface area contributed by atoms with Gasteiger partial charge in [-0.15, -0.1) is 0 Å². The zero-order valence-electron chi connectivity index (χ0n) is 12.7. The summed E-state index contributed by atoms with van der Waals surface area (Å²) in [5.74, 6) is 1.43. The second-order valence-electron chi connectivity index (χ2n) is 6.45. The van der Waals surface area contributed by atoms with Gasteiger partial charge in [0, 0.05) is 12.0 Å². The predicted octanol–water partition coefficient (Wildman–Crippen LogP) is 4.99. The average Bonchev–Trinajstić information content (AvgIpc) is 3.03. The molecule has 2 aromatic rings. The van der Waals surface area contributed by atoms with Crippen LogP contribution in [0.25, 0.3) is 11.1 Å². The van der Waals surface area contributed by atoms with E-state index in [2.05, 4.69) is 36.4 Å². The Morgan fingerprint density at radius 1 is 0.773 bits per heavy atom. The summed E-state index contributed by atoms with van der Waals surface area (Å²) in [6, 6.07) is 20.7. The summed E-state index contributed by atoms with van der Waals surface area (Å²) in [6.07, 6.45) is 4.40. The second kappa shape index (κ2) is 5.57. The van der Waals surface area contributed by atoms with E-state index in [0.717, 1.165) is 17.6 Å². The number of carbonyl (C=O) groups is 1. The van der Waals surface area contributed by atoms with Gasteiger partial charge in [-0.3, -0.25) is 4.79 Å². The Hall–Kier alpha value is -2.15. The van der Waals surface area contributed by atoms with Crippen molar-refractivity contribution in [2.45, 2.75) is 25.7 Å². The first-order valence-electron chi connectivity index (χ1n) is 8.23. The highest BCUT2D eigenvalue weighted by molar-refractivity contribution is 6.29. The van der Waals surface area contributed by atoms with E-state index in [1.807, 2.05) is 24.3 Å². The molecule has 2 aliphatic carbocycles. The van der Waals surface area contributed by atoms with E-state index in [0.29, 0.717) is 17.6 Å². The Bertz CT molecular complexity index is 712. The Morgan fingerprint density at radius 2 is 1.41 bits per heavy atom. The van der Waals surface area contributed by atoms with Gasteiger partial charge >= 0.3 is 0 Å². The summed E-state index contributed by atoms with van der Waals surface area (Å²) in [7, 11) is 0. The Labute approximate surface area is 131 Å². The summed E-state index contributed by atoms with van der Waals surface area (Å²) >= 11 is 0. The van der Waals surface area contributed by atoms with Crippen LogP contribution in [0.15, 0.2) is 60.7 Å². The van der Waals surface area contributed by atoms with Gasteiger partial charge < -0.3 is 0 Å². The van der Waals surface area contributed by atoms with Gasteiger partial charge in [0.25, 0.3) is 0 Å². The molecule has 0 N–H and O–H groups in total. The van der Waals surface area contributed by atoms with Gasteiger partial charge in [0.1, 0.15) is 0 Å². The molecule has 0 aliphatic heterocycles. The molecule has 0 saturated heterocycles. The molecule has 0 radical (unpaired) electrons. The predicted molar refractivity (Wildman–Crippen MR) is 90.2 cm³/mol. The molecule has 0 unspecified atom stereocenters. The molecular formula is C21H20O. The number of fused-ring (bicyclic) bond motifs is 1. The Morgan fingerprint density at radius 3 is 2.09 bits per heavy atom. The van der Waals surface area contributed by atoms with Crippen molar-refractivity contribution in [3.8, 4) is 0 Å². The molecule has 0 bridgehead atoms. The standard InChI is InChI=1S/C21H20O/c22-19-14-17-12-7-13-18(17)20(15-8-3-1-4-9-15)21(19)16-10-5-2-6-11-16/h1-6,8-11,17-18H,7,12-14H2/t17-,18+/m1/s1. The molecule has 0 spiro atoms. The fourth-order valence-corrected chi connectivity index (χ4v) is 4.23. The van der Waals surface area contributed by atoms with Gasteiger partial charge in [0.2, 0.25) is 0 Å². The largest absolute Gasteiger partial charge is 0.294 e. The van der Waals surface area contributed by atoms with E-state index >= 15 is 0 Å². The van der Waals surface area contributed by atoms with Crippen molar-refractivity contribution in [2.75, 3.05) is 0 Å². The highest BCUT2D eigenvalue weighted by atomic mass is 16.1. The number of benzene rings is 2. The van der Waals surface area contributed by atoms with E-state index in [1.165, 1.54) is 30.4 Å². The first-order chi connectivity index (χ1) is 10.8. The minimum absolute atomic E-state index is 0.327. The lowest BCUT2D eigenvalue weighted by Crippen LogP contribution is -2.23. The normalized spacial score (nSPS) is 24.5. The third kappa shape index (κ3) is 2.21. The SMILES string of the molecule is O=C1C[C@H]2CCC[C@@H]2C(c2ccccc2)=C1c1ccccc1. The lowest BCUT2D eigenvalue weighted by molar-refractivity contribution is -0.115. The van der Waals surface area contributed by atoms with Gasteiger partial charge in [-0.05, 0) is 41.4 Å². The fourth-order valence-electron chi connectivity index (χ4n) is 4.23. The summed E-state index contributed by atoms with van der Waals surface area (Å²) in [6.45, 7) is 0. The van der Waals surface area contributed by atoms with Crippen molar-refractivity contribution in [3.63, 3.8) is 0 Å². The molecular weight excluding hydrogens is 268 g/mol. The zero-order valence-corrected chi connectivity index (χ0v) is 12.7. The number of carbonyl (C=O) groups excluding carboxylic acids is 1. The van der Waals surface area contributed by atoms with Crippen LogP contribution in [0.3, 0.4) is 0 Å². The lowest BCUT2D eigenvalue weighted by atomic mass is 9.72. The van der Waals surface area contributed by atoms with Crippen LogP contribution in [0.1, 0.15) is 36.8 Å². The van der Waals surface area contributed by atoms with Crippen LogP contribution in [0.2, 0.25) is 0 Å². The molecule has 2 aromatic carbocycles. The Balaban J connectivity index is 1.95. The molecule has 0 heterocycles. The van der Waals surface area contributed by atoms with E-state index in [4.69, 9.17) is 0 Å². The van der Waals surface area contributed by atoms with Crippen LogP contribution in [0, 0.1) is 11.8 Å². The summed E-state index contributed by atoms with van der Waals surface area (Å²) < 4.78 is 0. The molecule has 22 heavy (non-hydrogen) atoms. The van der Waals surface area contributed by atoms with Crippen molar-refractivity contribution < 1.29 is 4.79 Å². The van der Waals surface area contributed by atoms with Gasteiger partial charge in [-0.25, -0.2) is 0 Å². The first kappa shape index (κ1) is 13.5. The molecule has 2 aliphatic rings. The minimum atomic E-state index is 0.327. The maximum Gasteiger partial charge on any atom is 0.164 e. The maximum absolute atomic E-state index is 12.9. The van der Waals surface area contributed by atoms with E-state index in [1.54, 1.807) is 0 Å². The molecule has 2 atom stereocenters. The lowest BCUT2D eigenvalue weighted by Gasteiger charge is -2.31. The van der Waals surface area contributed by atoms with E-state index in [-0.39, 0.29) is 0 Å². The van der Waals surface area contributed by atoms with Gasteiger partial charge in [-0.2, -0.15) is 0 Å². The van der Waals surface area contributed by atoms with E-state index in [9.17, 15) is 4.79 Å². The quantitative estimate of drug-likeness (QED) is 0.761. The van der Waals surface area contributed by atoms with Crippen molar-refractivity contribution in [1.29, 1.82) is 0 Å². The van der Waals surface area contributed by atoms with Crippen LogP contribution >= 0.6 is 0 Å². The number of hydrogen-bond donors (Lipinski definition) is 0. The summed E-state index contributed by atoms with van der Waals surface area (Å²) in [4.78, 5) is 12.9. The molecule has 1 heteroatoms. The minimum Gasteiger partial charge on any atom is -0.294 e. The van der Waals surface area contributed by atoms with Crippen LogP contribution in [0.4, 0.5) is 0 Å². The number of hydrogen-bond acceptors (Lipinski definition) is 1. The van der Waals surface area contributed by atoms with E-state index < -0.39 is 0 Å². The second-order valence-corrected chi connectivity index (χ2v) is 6.45. The van der Waals surface area contributed by atoms with Gasteiger partial charge in [0.05, 0.1) is 0 Å². The number of Topliss-reactive ketones (excluding diaryl/α,β-unsaturated/α-hetero) is 1. The van der Waals surface area contributed by atoms with Crippen LogP contribution < -0.4 is 0 Å². The van der Waals surface area contributed by atoms with Crippen LogP contribution in [-0.2, 0) is 4.79 Å². The molecule has 1 fully saturated rings. The molecule has 0 amide bonds. The average molecular weight is 288 g/mol. The summed E-state index contributed by atoms with van der Waals surface area (Å²) in [5.41, 5.74) is 4.57. The topological polar surface area (TPSA) is 17.1 Å². The third-order valence-electron chi connectivity index (χ3n) is 5.17. The van der Waals surface area contributed by atoms with Crippen molar-refractivity contribution in [3.05, 3.63) is 71.8 Å². The fraction of sp³-hybridized carbons (Fsp3) is 0.286. The third-order valence-corrected chi connectivity index (χ3v) is 5.17. The number of ketones is 1. The highest BCUT2D eigenvalue weighted by Gasteiger charge is 2.39. The van der Waals surface area contributed by atoms with Gasteiger partial charge in [0.15, 0.2) is 5.78 Å². The molecule has 110 valence electrons. The smallest absolute Gasteiger partial charge is 0.164 e. The van der Waals surface area contributed by atoms with Crippen molar-refractivity contribution in [2.24, 2.45) is 11.8 Å². The zero-order chi connectivity index (χ0) is 14.9. The monoisotopic (exact) mass is 288 g/mol. The summed E-state index contributed by atoms with van der Waals surface area (Å²) in [5, 5.41) is 0. The number of rotatable bonds is 2. The van der Waals surface area contributed by atoms with Crippen LogP contribution in [0.5, 0.6) is 0 Å². The Kier molecular flexibility index (Phi) is 3.42. The van der Waals surface area contributed by atoms with Gasteiger partial charge in [-0.1, -0.05) is 67.1 Å². The first-order valence-corrected chi connectivity index (χ1v) is 8.23. The molecule has 4 rings (SSSR count). The molecule has 1 nitrogen and oxygen atoms in total. The van der Waals surface area contributed by atoms with Crippen LogP contribution in [-0.4, -0.2) is 5.78 Å². The van der Waals surface area contributed by atoms with Crippen molar-refractivity contribution in [1.82, 2.24) is 0 Å². The highest BCUT2D eigenvalue weighted by Crippen LogP contribution is 2.50. The number of allylic oxidation sites excluding steroid dienone is 2. The van der Waals surface area contributed by atoms with Crippen molar-refractivity contribution >= 4 is 16.9 Å².